The van der Waals surface area contributed by atoms with E-state index in [1.54, 1.807) is 17.0 Å². The Labute approximate surface area is 154 Å². The number of ether oxygens (including phenoxy) is 1. The van der Waals surface area contributed by atoms with E-state index in [1.165, 1.54) is 13.2 Å². The van der Waals surface area contributed by atoms with E-state index in [-0.39, 0.29) is 23.5 Å². The van der Waals surface area contributed by atoms with Gasteiger partial charge in [0.05, 0.1) is 13.0 Å². The monoisotopic (exact) mass is 364 g/mol. The van der Waals surface area contributed by atoms with Gasteiger partial charge in [-0.2, -0.15) is 0 Å². The van der Waals surface area contributed by atoms with Crippen LogP contribution >= 0.6 is 0 Å². The maximum Gasteiger partial charge on any atom is 0.224 e. The Morgan fingerprint density at radius 2 is 2.19 bits per heavy atom. The fourth-order valence-corrected chi connectivity index (χ4v) is 3.23. The lowest BCUT2D eigenvalue weighted by Gasteiger charge is -2.32. The van der Waals surface area contributed by atoms with Crippen LogP contribution in [0, 0.1) is 11.7 Å². The van der Waals surface area contributed by atoms with E-state index in [0.717, 1.165) is 31.2 Å². The maximum absolute atomic E-state index is 13.7. The van der Waals surface area contributed by atoms with Crippen LogP contribution in [-0.4, -0.2) is 43.5 Å². The Morgan fingerprint density at radius 1 is 1.38 bits per heavy atom. The van der Waals surface area contributed by atoms with Crippen molar-refractivity contribution in [3.8, 4) is 5.75 Å². The van der Waals surface area contributed by atoms with Gasteiger partial charge < -0.3 is 15.0 Å². The fraction of sp³-hybridized carbons (Fsp3) is 0.600. The summed E-state index contributed by atoms with van der Waals surface area (Å²) < 4.78 is 18.6. The van der Waals surface area contributed by atoms with Gasteiger partial charge in [0.25, 0.3) is 0 Å². The molecule has 6 heteroatoms. The Hall–Kier alpha value is -2.11. The summed E-state index contributed by atoms with van der Waals surface area (Å²) in [6.45, 7) is 3.95. The van der Waals surface area contributed by atoms with E-state index in [2.05, 4.69) is 12.2 Å². The summed E-state index contributed by atoms with van der Waals surface area (Å²) in [5.41, 5.74) is 0.766. The number of carbonyl (C=O) groups excluding carboxylic acids is 2. The molecule has 2 rings (SSSR count). The van der Waals surface area contributed by atoms with E-state index in [4.69, 9.17) is 4.74 Å². The smallest absolute Gasteiger partial charge is 0.224 e. The van der Waals surface area contributed by atoms with Crippen LogP contribution in [0.4, 0.5) is 4.39 Å². The molecule has 1 aromatic rings. The van der Waals surface area contributed by atoms with E-state index in [0.29, 0.717) is 32.5 Å². The number of aryl methyl sites for hydroxylation is 1. The molecule has 1 N–H and O–H groups in total. The van der Waals surface area contributed by atoms with Crippen LogP contribution in [0.1, 0.15) is 44.6 Å². The standard InChI is InChI=1S/C20H29FN2O3/c1-3-4-11-22-20(25)16-6-5-12-23(14-16)19(24)10-8-15-7-9-18(26-2)17(21)13-15/h7,9,13,16H,3-6,8,10-12,14H2,1-2H3,(H,22,25). The fourth-order valence-electron chi connectivity index (χ4n) is 3.23. The third-order valence-electron chi connectivity index (χ3n) is 4.82. The molecule has 0 spiro atoms. The van der Waals surface area contributed by atoms with Crippen LogP contribution in [0.5, 0.6) is 5.75 Å². The van der Waals surface area contributed by atoms with Crippen molar-refractivity contribution in [3.63, 3.8) is 0 Å². The van der Waals surface area contributed by atoms with Gasteiger partial charge in [0.1, 0.15) is 0 Å². The molecule has 1 fully saturated rings. The number of likely N-dealkylation sites (tertiary alicyclic amines) is 1. The molecule has 0 aliphatic carbocycles. The molecule has 26 heavy (non-hydrogen) atoms. The normalized spacial score (nSPS) is 17.0. The lowest BCUT2D eigenvalue weighted by molar-refractivity contribution is -0.135. The van der Waals surface area contributed by atoms with Gasteiger partial charge in [0.2, 0.25) is 11.8 Å². The highest BCUT2D eigenvalue weighted by Gasteiger charge is 2.27. The molecule has 0 aromatic heterocycles. The van der Waals surface area contributed by atoms with Crippen molar-refractivity contribution in [1.29, 1.82) is 0 Å². The van der Waals surface area contributed by atoms with Crippen molar-refractivity contribution < 1.29 is 18.7 Å². The zero-order chi connectivity index (χ0) is 18.9. The molecule has 0 bridgehead atoms. The summed E-state index contributed by atoms with van der Waals surface area (Å²) in [4.78, 5) is 26.5. The predicted octanol–water partition coefficient (Wildman–Crippen LogP) is 2.92. The van der Waals surface area contributed by atoms with Crippen molar-refractivity contribution in [2.24, 2.45) is 5.92 Å². The SMILES string of the molecule is CCCCNC(=O)C1CCCN(C(=O)CCc2ccc(OC)c(F)c2)C1. The average molecular weight is 364 g/mol. The first-order chi connectivity index (χ1) is 12.5. The van der Waals surface area contributed by atoms with E-state index < -0.39 is 5.82 Å². The van der Waals surface area contributed by atoms with Gasteiger partial charge >= 0.3 is 0 Å². The average Bonchev–Trinajstić information content (AvgIpc) is 2.66. The highest BCUT2D eigenvalue weighted by molar-refractivity contribution is 5.81. The lowest BCUT2D eigenvalue weighted by atomic mass is 9.96. The van der Waals surface area contributed by atoms with Crippen molar-refractivity contribution in [2.45, 2.75) is 45.4 Å². The van der Waals surface area contributed by atoms with E-state index in [1.807, 2.05) is 0 Å². The molecule has 0 saturated carbocycles. The summed E-state index contributed by atoms with van der Waals surface area (Å²) in [7, 11) is 1.42. The number of halogens is 1. The quantitative estimate of drug-likeness (QED) is 0.722. The lowest BCUT2D eigenvalue weighted by Crippen LogP contribution is -2.45. The van der Waals surface area contributed by atoms with Gasteiger partial charge in [-0.15, -0.1) is 0 Å². The second-order valence-electron chi connectivity index (χ2n) is 6.79. The first-order valence-corrected chi connectivity index (χ1v) is 9.43. The molecule has 144 valence electrons. The number of nitrogens with one attached hydrogen (secondary N) is 1. The van der Waals surface area contributed by atoms with E-state index in [9.17, 15) is 14.0 Å². The van der Waals surface area contributed by atoms with Crippen molar-refractivity contribution in [3.05, 3.63) is 29.6 Å². The summed E-state index contributed by atoms with van der Waals surface area (Å²) in [5.74, 6) is -0.268. The molecule has 1 atom stereocenters. The number of nitrogens with zero attached hydrogens (tertiary/aromatic N) is 1. The second-order valence-corrected chi connectivity index (χ2v) is 6.79. The molecule has 2 amide bonds. The first-order valence-electron chi connectivity index (χ1n) is 9.43. The predicted molar refractivity (Wildman–Crippen MR) is 98.5 cm³/mol. The summed E-state index contributed by atoms with van der Waals surface area (Å²) in [6, 6.07) is 4.76. The van der Waals surface area contributed by atoms with Crippen LogP contribution in [-0.2, 0) is 16.0 Å². The van der Waals surface area contributed by atoms with Gasteiger partial charge in [-0.25, -0.2) is 4.39 Å². The van der Waals surface area contributed by atoms with Crippen molar-refractivity contribution >= 4 is 11.8 Å². The van der Waals surface area contributed by atoms with Gasteiger partial charge in [-0.3, -0.25) is 9.59 Å². The topological polar surface area (TPSA) is 58.6 Å². The van der Waals surface area contributed by atoms with Gasteiger partial charge in [-0.1, -0.05) is 19.4 Å². The molecular formula is C20H29FN2O3. The number of unbranched alkanes of at least 4 members (excludes halogenated alkanes) is 1. The zero-order valence-electron chi connectivity index (χ0n) is 15.7. The molecule has 1 aliphatic rings. The minimum atomic E-state index is -0.417. The number of piperidine rings is 1. The van der Waals surface area contributed by atoms with Gasteiger partial charge in [-0.05, 0) is 43.4 Å². The maximum atomic E-state index is 13.7. The Kier molecular flexibility index (Phi) is 7.88. The number of carbonyl (C=O) groups is 2. The number of rotatable bonds is 8. The van der Waals surface area contributed by atoms with Crippen LogP contribution in [0.2, 0.25) is 0 Å². The second kappa shape index (κ2) is 10.1. The number of hydrogen-bond donors (Lipinski definition) is 1. The third kappa shape index (κ3) is 5.71. The summed E-state index contributed by atoms with van der Waals surface area (Å²) in [6.07, 6.45) is 4.47. The van der Waals surface area contributed by atoms with Crippen LogP contribution in [0.25, 0.3) is 0 Å². The molecule has 5 nitrogen and oxygen atoms in total. The molecule has 0 radical (unpaired) electrons. The minimum absolute atomic E-state index is 0.0206. The highest BCUT2D eigenvalue weighted by atomic mass is 19.1. The molecule has 1 aromatic carbocycles. The summed E-state index contributed by atoms with van der Waals surface area (Å²) >= 11 is 0. The van der Waals surface area contributed by atoms with E-state index >= 15 is 0 Å². The molecule has 1 unspecified atom stereocenters. The molecule has 1 aliphatic heterocycles. The zero-order valence-corrected chi connectivity index (χ0v) is 15.7. The third-order valence-corrected chi connectivity index (χ3v) is 4.82. The molecular weight excluding hydrogens is 335 g/mol. The number of hydrogen-bond acceptors (Lipinski definition) is 3. The molecule has 1 heterocycles. The van der Waals surface area contributed by atoms with Gasteiger partial charge in [0, 0.05) is 26.1 Å². The largest absolute Gasteiger partial charge is 0.494 e. The van der Waals surface area contributed by atoms with Crippen molar-refractivity contribution in [1.82, 2.24) is 10.2 Å². The van der Waals surface area contributed by atoms with Gasteiger partial charge in [0.15, 0.2) is 11.6 Å². The highest BCUT2D eigenvalue weighted by Crippen LogP contribution is 2.20. The molecule has 1 saturated heterocycles. The Balaban J connectivity index is 1.83. The number of amides is 2. The first kappa shape index (κ1) is 20.2. The Morgan fingerprint density at radius 3 is 2.88 bits per heavy atom. The number of benzene rings is 1. The van der Waals surface area contributed by atoms with Crippen LogP contribution in [0.15, 0.2) is 18.2 Å². The van der Waals surface area contributed by atoms with Crippen molar-refractivity contribution in [2.75, 3.05) is 26.7 Å². The minimum Gasteiger partial charge on any atom is -0.494 e. The summed E-state index contributed by atoms with van der Waals surface area (Å²) in [5, 5.41) is 2.96. The van der Waals surface area contributed by atoms with Crippen LogP contribution in [0.3, 0.4) is 0 Å². The number of methoxy groups -OCH3 is 1. The Bertz CT molecular complexity index is 621. The van der Waals surface area contributed by atoms with Crippen LogP contribution < -0.4 is 10.1 Å².